The van der Waals surface area contributed by atoms with E-state index < -0.39 is 0 Å². The van der Waals surface area contributed by atoms with Gasteiger partial charge >= 0.3 is 0 Å². The molecular weight excluding hydrogens is 424 g/mol. The molecule has 7 heteroatoms. The first-order valence-electron chi connectivity index (χ1n) is 11.2. The molecule has 3 rings (SSSR count). The number of hydrogen-bond acceptors (Lipinski definition) is 5. The van der Waals surface area contributed by atoms with Crippen molar-refractivity contribution in [3.63, 3.8) is 0 Å². The quantitative estimate of drug-likeness (QED) is 0.499. The first kappa shape index (κ1) is 24.3. The molecule has 32 heavy (non-hydrogen) atoms. The number of carbonyl (C=O) groups excluding carboxylic acids is 2. The smallest absolute Gasteiger partial charge is 0.242 e. The van der Waals surface area contributed by atoms with Gasteiger partial charge in [-0.15, -0.1) is 11.3 Å². The molecule has 1 atom stereocenters. The van der Waals surface area contributed by atoms with Crippen molar-refractivity contribution in [2.75, 3.05) is 40.0 Å². The van der Waals surface area contributed by atoms with Crippen LogP contribution < -0.4 is 4.74 Å². The second-order valence-corrected chi connectivity index (χ2v) is 9.47. The third kappa shape index (κ3) is 6.11. The number of hydrogen-bond donors (Lipinski definition) is 0. The van der Waals surface area contributed by atoms with Gasteiger partial charge < -0.3 is 19.3 Å². The zero-order chi connectivity index (χ0) is 23.1. The van der Waals surface area contributed by atoms with E-state index in [1.807, 2.05) is 17.0 Å². The third-order valence-electron chi connectivity index (χ3n) is 5.92. The highest BCUT2D eigenvalue weighted by molar-refractivity contribution is 7.10. The molecule has 2 amide bonds. The second-order valence-electron chi connectivity index (χ2n) is 8.47. The van der Waals surface area contributed by atoms with Gasteiger partial charge in [-0.1, -0.05) is 26.0 Å². The molecule has 0 unspecified atom stereocenters. The van der Waals surface area contributed by atoms with Gasteiger partial charge in [0, 0.05) is 38.6 Å². The van der Waals surface area contributed by atoms with Crippen LogP contribution in [0, 0.1) is 0 Å². The van der Waals surface area contributed by atoms with Crippen LogP contribution in [0.1, 0.15) is 55.2 Å². The Labute approximate surface area is 195 Å². The summed E-state index contributed by atoms with van der Waals surface area (Å²) in [4.78, 5) is 30.1. The number of ether oxygens (including phenoxy) is 2. The fourth-order valence-corrected chi connectivity index (χ4v) is 4.93. The molecule has 1 aromatic carbocycles. The zero-order valence-corrected chi connectivity index (χ0v) is 20.3. The van der Waals surface area contributed by atoms with Crippen molar-refractivity contribution >= 4 is 23.2 Å². The van der Waals surface area contributed by atoms with Crippen molar-refractivity contribution in [1.82, 2.24) is 9.80 Å². The predicted octanol–water partition coefficient (Wildman–Crippen LogP) is 4.26. The van der Waals surface area contributed by atoms with Gasteiger partial charge in [-0.05, 0) is 53.5 Å². The average Bonchev–Trinajstić information content (AvgIpc) is 3.26. The summed E-state index contributed by atoms with van der Waals surface area (Å²) in [6, 6.07) is 10.1. The predicted molar refractivity (Wildman–Crippen MR) is 127 cm³/mol. The van der Waals surface area contributed by atoms with E-state index in [1.54, 1.807) is 23.3 Å². The highest BCUT2D eigenvalue weighted by atomic mass is 32.1. The molecule has 2 heterocycles. The van der Waals surface area contributed by atoms with Crippen LogP contribution in [0.5, 0.6) is 5.75 Å². The monoisotopic (exact) mass is 458 g/mol. The van der Waals surface area contributed by atoms with Crippen molar-refractivity contribution in [3.05, 3.63) is 51.7 Å². The maximum atomic E-state index is 13.3. The Hall–Kier alpha value is -2.38. The van der Waals surface area contributed by atoms with Crippen molar-refractivity contribution in [1.29, 1.82) is 0 Å². The Morgan fingerprint density at radius 3 is 2.62 bits per heavy atom. The lowest BCUT2D eigenvalue weighted by molar-refractivity contribution is -0.142. The largest absolute Gasteiger partial charge is 0.491 e. The summed E-state index contributed by atoms with van der Waals surface area (Å²) in [5.74, 6) is 1.13. The van der Waals surface area contributed by atoms with Crippen molar-refractivity contribution in [3.8, 4) is 5.75 Å². The standard InChI is InChI=1S/C25H34N2O4S/c1-18(2)20-6-8-21(9-7-20)31-17-23-22-11-15-32-24(22)10-13-27(23)25(29)16-26(19(3)28)12-5-14-30-4/h6-9,11,15,18,23H,5,10,12-14,16-17H2,1-4H3/t23-/m0/s1. The number of methoxy groups -OCH3 is 1. The first-order chi connectivity index (χ1) is 15.4. The van der Waals surface area contributed by atoms with E-state index in [9.17, 15) is 9.59 Å². The molecule has 0 spiro atoms. The molecule has 0 bridgehead atoms. The molecule has 0 saturated heterocycles. The first-order valence-corrected chi connectivity index (χ1v) is 12.1. The van der Waals surface area contributed by atoms with Gasteiger partial charge in [0.1, 0.15) is 12.4 Å². The fraction of sp³-hybridized carbons (Fsp3) is 0.520. The Morgan fingerprint density at radius 2 is 1.97 bits per heavy atom. The number of benzene rings is 1. The molecule has 1 aliphatic heterocycles. The van der Waals surface area contributed by atoms with Gasteiger partial charge in [0.2, 0.25) is 11.8 Å². The topological polar surface area (TPSA) is 59.1 Å². The molecule has 0 fully saturated rings. The Kier molecular flexibility index (Phi) is 8.70. The summed E-state index contributed by atoms with van der Waals surface area (Å²) in [6.07, 6.45) is 1.54. The van der Waals surface area contributed by atoms with Gasteiger partial charge in [-0.25, -0.2) is 0 Å². The lowest BCUT2D eigenvalue weighted by Gasteiger charge is -2.37. The average molecular weight is 459 g/mol. The molecule has 6 nitrogen and oxygen atoms in total. The molecule has 1 aliphatic rings. The van der Waals surface area contributed by atoms with E-state index in [-0.39, 0.29) is 24.4 Å². The SMILES string of the molecule is COCCCN(CC(=O)N1CCc2sccc2[C@@H]1COc1ccc(C(C)C)cc1)C(C)=O. The summed E-state index contributed by atoms with van der Waals surface area (Å²) in [5.41, 5.74) is 2.42. The van der Waals surface area contributed by atoms with Crippen LogP contribution in [0.25, 0.3) is 0 Å². The minimum Gasteiger partial charge on any atom is -0.491 e. The number of carbonyl (C=O) groups is 2. The van der Waals surface area contributed by atoms with E-state index in [0.717, 1.165) is 17.7 Å². The van der Waals surface area contributed by atoms with Crippen LogP contribution in [0.3, 0.4) is 0 Å². The van der Waals surface area contributed by atoms with E-state index >= 15 is 0 Å². The Balaban J connectivity index is 1.71. The summed E-state index contributed by atoms with van der Waals surface area (Å²) in [5, 5.41) is 2.08. The number of thiophene rings is 1. The number of fused-ring (bicyclic) bond motifs is 1. The van der Waals surface area contributed by atoms with Crippen molar-refractivity contribution in [2.24, 2.45) is 0 Å². The van der Waals surface area contributed by atoms with Gasteiger partial charge in [0.15, 0.2) is 0 Å². The summed E-state index contributed by atoms with van der Waals surface area (Å²) < 4.78 is 11.2. The minimum absolute atomic E-state index is 0.0433. The van der Waals surface area contributed by atoms with E-state index in [2.05, 4.69) is 37.4 Å². The Bertz CT molecular complexity index is 894. The number of rotatable bonds is 10. The summed E-state index contributed by atoms with van der Waals surface area (Å²) in [6.45, 7) is 8.02. The van der Waals surface area contributed by atoms with Gasteiger partial charge in [0.25, 0.3) is 0 Å². The van der Waals surface area contributed by atoms with Crippen LogP contribution in [0.4, 0.5) is 0 Å². The van der Waals surface area contributed by atoms with Crippen molar-refractivity contribution < 1.29 is 19.1 Å². The van der Waals surface area contributed by atoms with Gasteiger partial charge in [-0.3, -0.25) is 9.59 Å². The highest BCUT2D eigenvalue weighted by Gasteiger charge is 2.33. The maximum Gasteiger partial charge on any atom is 0.242 e. The molecule has 2 aromatic rings. The highest BCUT2D eigenvalue weighted by Crippen LogP contribution is 2.34. The normalized spacial score (nSPS) is 15.5. The minimum atomic E-state index is -0.157. The van der Waals surface area contributed by atoms with Gasteiger partial charge in [0.05, 0.1) is 12.6 Å². The second kappa shape index (κ2) is 11.5. The molecule has 0 N–H and O–H groups in total. The number of amides is 2. The van der Waals surface area contributed by atoms with Gasteiger partial charge in [-0.2, -0.15) is 0 Å². The van der Waals surface area contributed by atoms with Crippen LogP contribution in [-0.4, -0.2) is 61.6 Å². The molecule has 1 aromatic heterocycles. The molecule has 0 radical (unpaired) electrons. The van der Waals surface area contributed by atoms with Crippen LogP contribution in [0.2, 0.25) is 0 Å². The maximum absolute atomic E-state index is 13.3. The van der Waals surface area contributed by atoms with Crippen molar-refractivity contribution in [2.45, 2.75) is 45.6 Å². The zero-order valence-electron chi connectivity index (χ0n) is 19.5. The summed E-state index contributed by atoms with van der Waals surface area (Å²) >= 11 is 1.73. The molecule has 0 saturated carbocycles. The lowest BCUT2D eigenvalue weighted by Crippen LogP contribution is -2.47. The van der Waals surface area contributed by atoms with Crippen LogP contribution >= 0.6 is 11.3 Å². The van der Waals surface area contributed by atoms with E-state index in [1.165, 1.54) is 17.4 Å². The fourth-order valence-electron chi connectivity index (χ4n) is 4.00. The van der Waals surface area contributed by atoms with E-state index in [0.29, 0.717) is 38.6 Å². The lowest BCUT2D eigenvalue weighted by atomic mass is 10.00. The third-order valence-corrected chi connectivity index (χ3v) is 6.91. The van der Waals surface area contributed by atoms with Crippen LogP contribution in [0.15, 0.2) is 35.7 Å². The number of nitrogens with zero attached hydrogens (tertiary/aromatic N) is 2. The Morgan fingerprint density at radius 1 is 1.22 bits per heavy atom. The molecule has 0 aliphatic carbocycles. The molecular formula is C25H34N2O4S. The van der Waals surface area contributed by atoms with Crippen LogP contribution in [-0.2, 0) is 20.7 Å². The summed E-state index contributed by atoms with van der Waals surface area (Å²) in [7, 11) is 1.64. The van der Waals surface area contributed by atoms with E-state index in [4.69, 9.17) is 9.47 Å². The molecule has 174 valence electrons.